The van der Waals surface area contributed by atoms with Gasteiger partial charge in [-0.3, -0.25) is 24.7 Å². The van der Waals surface area contributed by atoms with E-state index in [1.807, 2.05) is 12.1 Å². The SMILES string of the molecule is O=C(/C=C/C(=O)Nc1cccc2c1CCC2)NC(=O)c1cccnc1. The fourth-order valence-electron chi connectivity index (χ4n) is 2.79. The number of hydrogen-bond donors (Lipinski definition) is 2. The molecule has 6 heteroatoms. The Bertz CT molecular complexity index is 844. The summed E-state index contributed by atoms with van der Waals surface area (Å²) >= 11 is 0. The average Bonchev–Trinajstić information content (AvgIpc) is 3.10. The number of pyridine rings is 1. The van der Waals surface area contributed by atoms with Crippen LogP contribution in [0.25, 0.3) is 0 Å². The van der Waals surface area contributed by atoms with Crippen molar-refractivity contribution in [2.45, 2.75) is 19.3 Å². The lowest BCUT2D eigenvalue weighted by atomic mass is 10.1. The molecule has 0 aliphatic heterocycles. The maximum absolute atomic E-state index is 12.0. The standard InChI is InChI=1S/C19H17N3O3/c23-17(21-16-8-2-5-13-4-1-7-15(13)16)9-10-18(24)22-19(25)14-6-3-11-20-12-14/h2-3,5-6,8-12H,1,4,7H2,(H,21,23)(H,22,24,25)/b10-9+. The predicted octanol–water partition coefficient (Wildman–Crippen LogP) is 2.02. The van der Waals surface area contributed by atoms with E-state index in [0.717, 1.165) is 42.7 Å². The third-order valence-corrected chi connectivity index (χ3v) is 3.95. The molecule has 0 bridgehead atoms. The van der Waals surface area contributed by atoms with Gasteiger partial charge in [0.05, 0.1) is 5.56 Å². The van der Waals surface area contributed by atoms with E-state index in [1.165, 1.54) is 18.0 Å². The number of nitrogens with zero attached hydrogens (tertiary/aromatic N) is 1. The summed E-state index contributed by atoms with van der Waals surface area (Å²) in [5, 5.41) is 4.95. The Hall–Kier alpha value is -3.28. The van der Waals surface area contributed by atoms with Gasteiger partial charge in [-0.15, -0.1) is 0 Å². The maximum atomic E-state index is 12.0. The number of hydrogen-bond acceptors (Lipinski definition) is 4. The molecule has 25 heavy (non-hydrogen) atoms. The smallest absolute Gasteiger partial charge is 0.259 e. The minimum atomic E-state index is -0.665. The summed E-state index contributed by atoms with van der Waals surface area (Å²) in [6.45, 7) is 0. The van der Waals surface area contributed by atoms with Gasteiger partial charge in [-0.25, -0.2) is 0 Å². The predicted molar refractivity (Wildman–Crippen MR) is 92.9 cm³/mol. The highest BCUT2D eigenvalue weighted by Gasteiger charge is 2.15. The molecule has 2 aromatic rings. The van der Waals surface area contributed by atoms with Crippen molar-refractivity contribution in [2.75, 3.05) is 5.32 Å². The molecule has 3 amide bonds. The molecule has 0 fully saturated rings. The molecular weight excluding hydrogens is 318 g/mol. The highest BCUT2D eigenvalue weighted by atomic mass is 16.2. The highest BCUT2D eigenvalue weighted by Crippen LogP contribution is 2.28. The Kier molecular flexibility index (Phi) is 4.99. The Morgan fingerprint density at radius 3 is 2.64 bits per heavy atom. The molecular formula is C19H17N3O3. The number of rotatable bonds is 4. The summed E-state index contributed by atoms with van der Waals surface area (Å²) in [5.74, 6) is -1.64. The van der Waals surface area contributed by atoms with Crippen LogP contribution >= 0.6 is 0 Å². The quantitative estimate of drug-likeness (QED) is 0.837. The second-order valence-electron chi connectivity index (χ2n) is 5.68. The molecule has 1 aromatic carbocycles. The number of imide groups is 1. The van der Waals surface area contributed by atoms with E-state index in [9.17, 15) is 14.4 Å². The number of fused-ring (bicyclic) bond motifs is 1. The summed E-state index contributed by atoms with van der Waals surface area (Å²) in [5.41, 5.74) is 3.45. The fraction of sp³-hybridized carbons (Fsp3) is 0.158. The second kappa shape index (κ2) is 7.53. The summed E-state index contributed by atoms with van der Waals surface area (Å²) in [6, 6.07) is 8.96. The fourth-order valence-corrected chi connectivity index (χ4v) is 2.79. The highest BCUT2D eigenvalue weighted by molar-refractivity contribution is 6.10. The van der Waals surface area contributed by atoms with Crippen LogP contribution in [0.15, 0.2) is 54.9 Å². The third-order valence-electron chi connectivity index (χ3n) is 3.95. The minimum Gasteiger partial charge on any atom is -0.322 e. The number of carbonyl (C=O) groups excluding carboxylic acids is 3. The van der Waals surface area contributed by atoms with E-state index >= 15 is 0 Å². The van der Waals surface area contributed by atoms with Crippen molar-refractivity contribution >= 4 is 23.4 Å². The number of nitrogens with one attached hydrogen (secondary N) is 2. The molecule has 3 rings (SSSR count). The lowest BCUT2D eigenvalue weighted by Crippen LogP contribution is -2.29. The third kappa shape index (κ3) is 4.17. The number of aromatic nitrogens is 1. The van der Waals surface area contributed by atoms with E-state index in [2.05, 4.69) is 21.7 Å². The summed E-state index contributed by atoms with van der Waals surface area (Å²) in [6.07, 6.45) is 8.07. The number of aryl methyl sites for hydroxylation is 1. The van der Waals surface area contributed by atoms with Crippen LogP contribution in [0.1, 0.15) is 27.9 Å². The Morgan fingerprint density at radius 2 is 1.84 bits per heavy atom. The molecule has 126 valence electrons. The van der Waals surface area contributed by atoms with Crippen molar-refractivity contribution in [3.8, 4) is 0 Å². The summed E-state index contributed by atoms with van der Waals surface area (Å²) in [7, 11) is 0. The number of carbonyl (C=O) groups is 3. The summed E-state index contributed by atoms with van der Waals surface area (Å²) < 4.78 is 0. The number of anilines is 1. The van der Waals surface area contributed by atoms with Crippen LogP contribution in [0.3, 0.4) is 0 Å². The zero-order valence-electron chi connectivity index (χ0n) is 13.5. The van der Waals surface area contributed by atoms with Crippen LogP contribution in [-0.2, 0) is 22.4 Å². The van der Waals surface area contributed by atoms with Crippen molar-refractivity contribution in [1.29, 1.82) is 0 Å². The molecule has 0 spiro atoms. The molecule has 0 radical (unpaired) electrons. The molecule has 1 aliphatic carbocycles. The summed E-state index contributed by atoms with van der Waals surface area (Å²) in [4.78, 5) is 39.4. The normalized spacial score (nSPS) is 12.6. The molecule has 6 nitrogen and oxygen atoms in total. The van der Waals surface area contributed by atoms with Gasteiger partial charge < -0.3 is 5.32 Å². The van der Waals surface area contributed by atoms with Gasteiger partial charge in [-0.2, -0.15) is 0 Å². The largest absolute Gasteiger partial charge is 0.322 e. The molecule has 0 saturated carbocycles. The van der Waals surface area contributed by atoms with E-state index < -0.39 is 17.7 Å². The van der Waals surface area contributed by atoms with Crippen molar-refractivity contribution in [3.63, 3.8) is 0 Å². The molecule has 0 saturated heterocycles. The van der Waals surface area contributed by atoms with Gasteiger partial charge in [-0.1, -0.05) is 12.1 Å². The molecule has 2 N–H and O–H groups in total. The van der Waals surface area contributed by atoms with Crippen LogP contribution < -0.4 is 10.6 Å². The van der Waals surface area contributed by atoms with E-state index in [0.29, 0.717) is 0 Å². The van der Waals surface area contributed by atoms with E-state index in [-0.39, 0.29) is 5.56 Å². The van der Waals surface area contributed by atoms with Gasteiger partial charge in [0.25, 0.3) is 11.8 Å². The van der Waals surface area contributed by atoms with Gasteiger partial charge in [-0.05, 0) is 48.6 Å². The molecule has 1 heterocycles. The first-order valence-electron chi connectivity index (χ1n) is 7.98. The molecule has 1 aromatic heterocycles. The van der Waals surface area contributed by atoms with Gasteiger partial charge in [0.2, 0.25) is 5.91 Å². The Balaban J connectivity index is 1.57. The van der Waals surface area contributed by atoms with Gasteiger partial charge >= 0.3 is 0 Å². The first-order chi connectivity index (χ1) is 12.1. The van der Waals surface area contributed by atoms with Gasteiger partial charge in [0.1, 0.15) is 0 Å². The van der Waals surface area contributed by atoms with Crippen LogP contribution in [0.2, 0.25) is 0 Å². The van der Waals surface area contributed by atoms with Gasteiger partial charge in [0.15, 0.2) is 0 Å². The maximum Gasteiger partial charge on any atom is 0.259 e. The minimum absolute atomic E-state index is 0.272. The first kappa shape index (κ1) is 16.6. The van der Waals surface area contributed by atoms with Crippen molar-refractivity contribution in [1.82, 2.24) is 10.3 Å². The first-order valence-corrected chi connectivity index (χ1v) is 7.98. The molecule has 1 aliphatic rings. The zero-order chi connectivity index (χ0) is 17.6. The monoisotopic (exact) mass is 335 g/mol. The molecule has 0 unspecified atom stereocenters. The van der Waals surface area contributed by atoms with Crippen LogP contribution in [0, 0.1) is 0 Å². The topological polar surface area (TPSA) is 88.2 Å². The van der Waals surface area contributed by atoms with Crippen molar-refractivity contribution in [2.24, 2.45) is 0 Å². The van der Waals surface area contributed by atoms with Crippen LogP contribution in [0.4, 0.5) is 5.69 Å². The van der Waals surface area contributed by atoms with Crippen molar-refractivity contribution in [3.05, 3.63) is 71.6 Å². The van der Waals surface area contributed by atoms with Gasteiger partial charge in [0, 0.05) is 30.2 Å². The van der Waals surface area contributed by atoms with Crippen LogP contribution in [-0.4, -0.2) is 22.7 Å². The zero-order valence-corrected chi connectivity index (χ0v) is 13.5. The Labute approximate surface area is 145 Å². The Morgan fingerprint density at radius 1 is 1.00 bits per heavy atom. The van der Waals surface area contributed by atoms with Crippen LogP contribution in [0.5, 0.6) is 0 Å². The van der Waals surface area contributed by atoms with E-state index in [1.54, 1.807) is 12.1 Å². The van der Waals surface area contributed by atoms with Crippen molar-refractivity contribution < 1.29 is 14.4 Å². The number of amides is 3. The number of benzene rings is 1. The molecule has 0 atom stereocenters. The van der Waals surface area contributed by atoms with E-state index in [4.69, 9.17) is 0 Å². The average molecular weight is 335 g/mol. The second-order valence-corrected chi connectivity index (χ2v) is 5.68. The lowest BCUT2D eigenvalue weighted by Gasteiger charge is -2.08. The lowest BCUT2D eigenvalue weighted by molar-refractivity contribution is -0.116.